The molecule has 0 fully saturated rings. The van der Waals surface area contributed by atoms with E-state index >= 15 is 0 Å². The predicted octanol–water partition coefficient (Wildman–Crippen LogP) is 1.13. The number of fused-ring (bicyclic) bond motifs is 1. The Morgan fingerprint density at radius 1 is 1.67 bits per heavy atom. The minimum absolute atomic E-state index is 0.0999. The number of phenolic OH excluding ortho intramolecular Hbond substituents is 1. The highest BCUT2D eigenvalue weighted by atomic mass is 16.5. The van der Waals surface area contributed by atoms with Crippen LogP contribution < -0.4 is 10.1 Å². The molecule has 1 aliphatic rings. The van der Waals surface area contributed by atoms with Crippen molar-refractivity contribution < 1.29 is 14.6 Å². The normalized spacial score (nSPS) is 17.7. The van der Waals surface area contributed by atoms with Crippen LogP contribution in [0.2, 0.25) is 0 Å². The molecule has 0 saturated heterocycles. The molecule has 1 atom stereocenters. The Balaban J connectivity index is 2.25. The van der Waals surface area contributed by atoms with E-state index < -0.39 is 0 Å². The molecule has 1 aromatic carbocycles. The van der Waals surface area contributed by atoms with Crippen LogP contribution in [0.15, 0.2) is 30.9 Å². The molecule has 1 heterocycles. The van der Waals surface area contributed by atoms with Crippen molar-refractivity contribution in [2.75, 3.05) is 6.61 Å². The van der Waals surface area contributed by atoms with E-state index in [2.05, 4.69) is 11.9 Å². The summed E-state index contributed by atoms with van der Waals surface area (Å²) in [5.74, 6) is 0.300. The number of ether oxygens (including phenoxy) is 1. The van der Waals surface area contributed by atoms with Gasteiger partial charge in [0.1, 0.15) is 6.61 Å². The molecule has 1 aromatic rings. The lowest BCUT2D eigenvalue weighted by Gasteiger charge is -2.09. The number of hydrogen-bond donors (Lipinski definition) is 2. The summed E-state index contributed by atoms with van der Waals surface area (Å²) in [4.78, 5) is 11.1. The second-order valence-electron chi connectivity index (χ2n) is 3.27. The minimum Gasteiger partial charge on any atom is -0.504 e. The van der Waals surface area contributed by atoms with Crippen molar-refractivity contribution in [1.82, 2.24) is 5.32 Å². The van der Waals surface area contributed by atoms with Crippen molar-refractivity contribution in [2.24, 2.45) is 0 Å². The molecule has 2 N–H and O–H groups in total. The van der Waals surface area contributed by atoms with Gasteiger partial charge in [-0.2, -0.15) is 0 Å². The summed E-state index contributed by atoms with van der Waals surface area (Å²) >= 11 is 0. The summed E-state index contributed by atoms with van der Waals surface area (Å²) in [7, 11) is 0. The monoisotopic (exact) mass is 205 g/mol. The summed E-state index contributed by atoms with van der Waals surface area (Å²) in [6, 6.07) is 4.88. The van der Waals surface area contributed by atoms with Crippen LogP contribution in [0.4, 0.5) is 0 Å². The number of rotatable bonds is 2. The maximum atomic E-state index is 11.1. The lowest BCUT2D eigenvalue weighted by atomic mass is 10.1. The van der Waals surface area contributed by atoms with Gasteiger partial charge in [-0.25, -0.2) is 0 Å². The van der Waals surface area contributed by atoms with Crippen LogP contribution in [0.5, 0.6) is 11.5 Å². The highest BCUT2D eigenvalue weighted by Gasteiger charge is 2.26. The van der Waals surface area contributed by atoms with Crippen LogP contribution in [0.25, 0.3) is 0 Å². The van der Waals surface area contributed by atoms with Gasteiger partial charge < -0.3 is 15.2 Å². The molecule has 0 saturated carbocycles. The largest absolute Gasteiger partial charge is 0.504 e. The number of hydrogen-bond acceptors (Lipinski definition) is 3. The molecule has 78 valence electrons. The Hall–Kier alpha value is -1.97. The van der Waals surface area contributed by atoms with E-state index in [4.69, 9.17) is 4.74 Å². The second kappa shape index (κ2) is 3.65. The molecule has 4 nitrogen and oxygen atoms in total. The van der Waals surface area contributed by atoms with E-state index in [1.54, 1.807) is 12.1 Å². The van der Waals surface area contributed by atoms with Crippen LogP contribution in [-0.2, 0) is 4.79 Å². The zero-order chi connectivity index (χ0) is 10.8. The Morgan fingerprint density at radius 2 is 2.47 bits per heavy atom. The molecule has 2 rings (SSSR count). The van der Waals surface area contributed by atoms with E-state index in [1.807, 2.05) is 6.07 Å². The average molecular weight is 205 g/mol. The molecule has 0 radical (unpaired) electrons. The standard InChI is InChI=1S/C11H11NO3/c1-2-10(14)12-8-6-15-11-7(8)4-3-5-9(11)13/h2-5,8,13H,1,6H2,(H,12,14). The van der Waals surface area contributed by atoms with Gasteiger partial charge in [0.25, 0.3) is 0 Å². The van der Waals surface area contributed by atoms with E-state index in [0.717, 1.165) is 5.56 Å². The zero-order valence-electron chi connectivity index (χ0n) is 8.06. The summed E-state index contributed by atoms with van der Waals surface area (Å²) in [5.41, 5.74) is 0.796. The van der Waals surface area contributed by atoms with Gasteiger partial charge in [-0.05, 0) is 12.1 Å². The van der Waals surface area contributed by atoms with Crippen molar-refractivity contribution in [3.05, 3.63) is 36.4 Å². The first-order chi connectivity index (χ1) is 7.22. The number of benzene rings is 1. The predicted molar refractivity (Wildman–Crippen MR) is 54.7 cm³/mol. The molecular formula is C11H11NO3. The third-order valence-electron chi connectivity index (χ3n) is 2.30. The molecule has 4 heteroatoms. The van der Waals surface area contributed by atoms with Crippen LogP contribution >= 0.6 is 0 Å². The van der Waals surface area contributed by atoms with E-state index in [-0.39, 0.29) is 17.7 Å². The molecule has 0 aromatic heterocycles. The fourth-order valence-corrected chi connectivity index (χ4v) is 1.58. The SMILES string of the molecule is C=CC(=O)NC1COc2c(O)cccc21. The summed E-state index contributed by atoms with van der Waals surface area (Å²) < 4.78 is 5.29. The lowest BCUT2D eigenvalue weighted by molar-refractivity contribution is -0.117. The van der Waals surface area contributed by atoms with Crippen LogP contribution in [-0.4, -0.2) is 17.6 Å². The van der Waals surface area contributed by atoms with Crippen molar-refractivity contribution in [1.29, 1.82) is 0 Å². The van der Waals surface area contributed by atoms with Gasteiger partial charge in [0.05, 0.1) is 6.04 Å². The first kappa shape index (κ1) is 9.58. The topological polar surface area (TPSA) is 58.6 Å². The van der Waals surface area contributed by atoms with E-state index in [1.165, 1.54) is 6.08 Å². The molecular weight excluding hydrogens is 194 g/mol. The number of phenols is 1. The van der Waals surface area contributed by atoms with Gasteiger partial charge in [-0.15, -0.1) is 0 Å². The summed E-state index contributed by atoms with van der Waals surface area (Å²) in [6.45, 7) is 3.71. The molecule has 0 aliphatic carbocycles. The smallest absolute Gasteiger partial charge is 0.243 e. The number of carbonyl (C=O) groups is 1. The van der Waals surface area contributed by atoms with Gasteiger partial charge in [-0.1, -0.05) is 18.7 Å². The van der Waals surface area contributed by atoms with Gasteiger partial charge in [0.15, 0.2) is 11.5 Å². The van der Waals surface area contributed by atoms with E-state index in [9.17, 15) is 9.90 Å². The Morgan fingerprint density at radius 3 is 3.20 bits per heavy atom. The second-order valence-corrected chi connectivity index (χ2v) is 3.27. The van der Waals surface area contributed by atoms with Gasteiger partial charge in [0, 0.05) is 5.56 Å². The van der Waals surface area contributed by atoms with Crippen molar-refractivity contribution >= 4 is 5.91 Å². The third kappa shape index (κ3) is 1.66. The highest BCUT2D eigenvalue weighted by Crippen LogP contribution is 2.39. The molecule has 0 bridgehead atoms. The molecule has 1 amide bonds. The number of carbonyl (C=O) groups excluding carboxylic acids is 1. The van der Waals surface area contributed by atoms with Crippen molar-refractivity contribution in [3.63, 3.8) is 0 Å². The van der Waals surface area contributed by atoms with Gasteiger partial charge in [0.2, 0.25) is 5.91 Å². The first-order valence-electron chi connectivity index (χ1n) is 4.60. The average Bonchev–Trinajstić information content (AvgIpc) is 2.63. The van der Waals surface area contributed by atoms with E-state index in [0.29, 0.717) is 12.4 Å². The third-order valence-corrected chi connectivity index (χ3v) is 2.30. The Bertz CT molecular complexity index is 414. The summed E-state index contributed by atoms with van der Waals surface area (Å²) in [5, 5.41) is 12.2. The van der Waals surface area contributed by atoms with Crippen molar-refractivity contribution in [3.8, 4) is 11.5 Å². The minimum atomic E-state index is -0.250. The maximum Gasteiger partial charge on any atom is 0.243 e. The molecule has 15 heavy (non-hydrogen) atoms. The molecule has 0 spiro atoms. The number of amides is 1. The zero-order valence-corrected chi connectivity index (χ0v) is 8.06. The summed E-state index contributed by atoms with van der Waals surface area (Å²) in [6.07, 6.45) is 1.21. The lowest BCUT2D eigenvalue weighted by Crippen LogP contribution is -2.27. The van der Waals surface area contributed by atoms with Crippen molar-refractivity contribution in [2.45, 2.75) is 6.04 Å². The fourth-order valence-electron chi connectivity index (χ4n) is 1.58. The molecule has 1 aliphatic heterocycles. The number of aromatic hydroxyl groups is 1. The Labute approximate surface area is 87.2 Å². The quantitative estimate of drug-likeness (QED) is 0.711. The number of para-hydroxylation sites is 1. The van der Waals surface area contributed by atoms with Crippen LogP contribution in [0.3, 0.4) is 0 Å². The molecule has 1 unspecified atom stereocenters. The Kier molecular flexibility index (Phi) is 2.33. The maximum absolute atomic E-state index is 11.1. The first-order valence-corrected chi connectivity index (χ1v) is 4.60. The van der Waals surface area contributed by atoms with Crippen LogP contribution in [0.1, 0.15) is 11.6 Å². The number of nitrogens with one attached hydrogen (secondary N) is 1. The fraction of sp³-hybridized carbons (Fsp3) is 0.182. The van der Waals surface area contributed by atoms with Crippen LogP contribution in [0, 0.1) is 0 Å². The van der Waals surface area contributed by atoms with Gasteiger partial charge >= 0.3 is 0 Å². The van der Waals surface area contributed by atoms with Gasteiger partial charge in [-0.3, -0.25) is 4.79 Å². The highest BCUT2D eigenvalue weighted by molar-refractivity contribution is 5.87.